The monoisotopic (exact) mass is 321 g/mol. The number of carbonyl (C=O) groups excluding carboxylic acids is 1. The summed E-state index contributed by atoms with van der Waals surface area (Å²) in [4.78, 5) is 16.9. The van der Waals surface area contributed by atoms with E-state index < -0.39 is 6.04 Å². The fraction of sp³-hybridized carbons (Fsp3) is 0.158. The lowest BCUT2D eigenvalue weighted by molar-refractivity contribution is -0.114. The van der Waals surface area contributed by atoms with E-state index in [0.29, 0.717) is 11.5 Å². The lowest BCUT2D eigenvalue weighted by Gasteiger charge is -2.30. The molecule has 2 aromatic carbocycles. The Bertz CT molecular complexity index is 1000. The Morgan fingerprint density at radius 1 is 1.21 bits per heavy atom. The van der Waals surface area contributed by atoms with E-state index in [1.807, 2.05) is 41.8 Å². The molecule has 0 saturated heterocycles. The van der Waals surface area contributed by atoms with Gasteiger partial charge in [0.25, 0.3) is 0 Å². The second-order valence-electron chi connectivity index (χ2n) is 5.97. The standard InChI is InChI=1S/C19H16FN3O/c1-11-17(12(2)24)18(13-6-5-7-14(20)10-13)23-16-9-4-3-8-15(16)22-19(23)21-11/h3-10,18H,1-2H3,(H,21,22). The lowest BCUT2D eigenvalue weighted by atomic mass is 9.92. The summed E-state index contributed by atoms with van der Waals surface area (Å²) in [5.74, 6) is 0.295. The first-order valence-corrected chi connectivity index (χ1v) is 7.77. The number of nitrogens with zero attached hydrogens (tertiary/aromatic N) is 2. The number of rotatable bonds is 2. The van der Waals surface area contributed by atoms with E-state index in [0.717, 1.165) is 22.3 Å². The summed E-state index contributed by atoms with van der Waals surface area (Å²) >= 11 is 0. The number of Topliss-reactive ketones (excluding diaryl/α,β-unsaturated/α-hetero) is 1. The normalized spacial score (nSPS) is 16.9. The van der Waals surface area contributed by atoms with Crippen molar-refractivity contribution in [1.29, 1.82) is 0 Å². The number of imidazole rings is 1. The summed E-state index contributed by atoms with van der Waals surface area (Å²) in [6.45, 7) is 3.39. The van der Waals surface area contributed by atoms with Crippen LogP contribution in [0.15, 0.2) is 59.8 Å². The van der Waals surface area contributed by atoms with E-state index in [9.17, 15) is 9.18 Å². The molecule has 1 unspecified atom stereocenters. The fourth-order valence-corrected chi connectivity index (χ4v) is 3.41. The first kappa shape index (κ1) is 14.6. The maximum absolute atomic E-state index is 13.8. The first-order chi connectivity index (χ1) is 11.6. The molecule has 1 aliphatic heterocycles. The van der Waals surface area contributed by atoms with Gasteiger partial charge in [-0.1, -0.05) is 24.3 Å². The molecule has 1 aromatic heterocycles. The van der Waals surface area contributed by atoms with Gasteiger partial charge in [0.15, 0.2) is 5.78 Å². The van der Waals surface area contributed by atoms with Crippen LogP contribution in [0.2, 0.25) is 0 Å². The van der Waals surface area contributed by atoms with Crippen molar-refractivity contribution in [2.75, 3.05) is 5.32 Å². The molecule has 4 nitrogen and oxygen atoms in total. The number of hydrogen-bond acceptors (Lipinski definition) is 3. The fourth-order valence-electron chi connectivity index (χ4n) is 3.41. The minimum atomic E-state index is -0.401. The Balaban J connectivity index is 2.05. The second-order valence-corrected chi connectivity index (χ2v) is 5.97. The Hall–Kier alpha value is -2.95. The van der Waals surface area contributed by atoms with Crippen LogP contribution < -0.4 is 5.32 Å². The van der Waals surface area contributed by atoms with Crippen molar-refractivity contribution in [3.63, 3.8) is 0 Å². The maximum Gasteiger partial charge on any atom is 0.209 e. The molecule has 0 radical (unpaired) electrons. The summed E-state index contributed by atoms with van der Waals surface area (Å²) < 4.78 is 15.8. The number of allylic oxidation sites excluding steroid dienone is 2. The Labute approximate surface area is 138 Å². The molecule has 120 valence electrons. The highest BCUT2D eigenvalue weighted by Crippen LogP contribution is 2.39. The van der Waals surface area contributed by atoms with E-state index in [4.69, 9.17) is 0 Å². The smallest absolute Gasteiger partial charge is 0.209 e. The molecule has 0 spiro atoms. The molecular formula is C19H16FN3O. The third kappa shape index (κ3) is 2.12. The maximum atomic E-state index is 13.8. The van der Waals surface area contributed by atoms with Crippen LogP contribution >= 0.6 is 0 Å². The molecule has 2 heterocycles. The Morgan fingerprint density at radius 3 is 2.75 bits per heavy atom. The van der Waals surface area contributed by atoms with Crippen LogP contribution in [0, 0.1) is 5.82 Å². The van der Waals surface area contributed by atoms with Crippen molar-refractivity contribution in [3.8, 4) is 0 Å². The number of anilines is 1. The van der Waals surface area contributed by atoms with Gasteiger partial charge in [-0.2, -0.15) is 0 Å². The molecule has 24 heavy (non-hydrogen) atoms. The van der Waals surface area contributed by atoms with Gasteiger partial charge in [-0.15, -0.1) is 0 Å². The molecule has 1 aliphatic rings. The van der Waals surface area contributed by atoms with Crippen LogP contribution in [0.1, 0.15) is 25.5 Å². The highest BCUT2D eigenvalue weighted by Gasteiger charge is 2.32. The van der Waals surface area contributed by atoms with E-state index in [-0.39, 0.29) is 11.6 Å². The average Bonchev–Trinajstić information content (AvgIpc) is 2.91. The van der Waals surface area contributed by atoms with Crippen molar-refractivity contribution >= 4 is 22.8 Å². The number of ketones is 1. The van der Waals surface area contributed by atoms with Gasteiger partial charge in [0.2, 0.25) is 5.95 Å². The third-order valence-corrected chi connectivity index (χ3v) is 4.37. The highest BCUT2D eigenvalue weighted by atomic mass is 19.1. The molecule has 0 bridgehead atoms. The Kier molecular flexibility index (Phi) is 3.23. The zero-order valence-corrected chi connectivity index (χ0v) is 13.4. The minimum Gasteiger partial charge on any atom is -0.329 e. The minimum absolute atomic E-state index is 0.0438. The number of nitrogens with one attached hydrogen (secondary N) is 1. The van der Waals surface area contributed by atoms with Gasteiger partial charge in [0.1, 0.15) is 5.82 Å². The van der Waals surface area contributed by atoms with Crippen molar-refractivity contribution in [2.24, 2.45) is 0 Å². The van der Waals surface area contributed by atoms with Crippen LogP contribution in [0.25, 0.3) is 11.0 Å². The summed E-state index contributed by atoms with van der Waals surface area (Å²) in [6, 6.07) is 13.7. The largest absolute Gasteiger partial charge is 0.329 e. The zero-order valence-electron chi connectivity index (χ0n) is 13.4. The van der Waals surface area contributed by atoms with Crippen LogP contribution in [-0.2, 0) is 4.79 Å². The number of halogens is 1. The Morgan fingerprint density at radius 2 is 2.00 bits per heavy atom. The molecule has 0 aliphatic carbocycles. The average molecular weight is 321 g/mol. The summed E-state index contributed by atoms with van der Waals surface area (Å²) in [5, 5.41) is 3.21. The van der Waals surface area contributed by atoms with Gasteiger partial charge in [-0.05, 0) is 43.7 Å². The quantitative estimate of drug-likeness (QED) is 0.774. The summed E-state index contributed by atoms with van der Waals surface area (Å²) in [7, 11) is 0. The van der Waals surface area contributed by atoms with Crippen LogP contribution in [0.3, 0.4) is 0 Å². The van der Waals surface area contributed by atoms with Gasteiger partial charge in [0.05, 0.1) is 17.1 Å². The van der Waals surface area contributed by atoms with Gasteiger partial charge >= 0.3 is 0 Å². The molecule has 0 amide bonds. The number of para-hydroxylation sites is 2. The topological polar surface area (TPSA) is 46.9 Å². The number of carbonyl (C=O) groups is 1. The molecule has 0 fully saturated rings. The van der Waals surface area contributed by atoms with Crippen molar-refractivity contribution in [2.45, 2.75) is 19.9 Å². The number of fused-ring (bicyclic) bond motifs is 3. The second kappa shape index (κ2) is 5.30. The lowest BCUT2D eigenvalue weighted by Crippen LogP contribution is -2.27. The molecule has 1 atom stereocenters. The van der Waals surface area contributed by atoms with Crippen LogP contribution in [-0.4, -0.2) is 15.3 Å². The summed E-state index contributed by atoms with van der Waals surface area (Å²) in [5.41, 5.74) is 3.83. The number of benzene rings is 2. The van der Waals surface area contributed by atoms with Gasteiger partial charge in [0, 0.05) is 11.3 Å². The van der Waals surface area contributed by atoms with E-state index in [1.54, 1.807) is 6.07 Å². The van der Waals surface area contributed by atoms with Crippen molar-refractivity contribution < 1.29 is 9.18 Å². The SMILES string of the molecule is CC(=O)C1=C(C)Nc2nc3ccccc3n2C1c1cccc(F)c1. The molecule has 0 saturated carbocycles. The number of aromatic nitrogens is 2. The first-order valence-electron chi connectivity index (χ1n) is 7.77. The van der Waals surface area contributed by atoms with E-state index in [2.05, 4.69) is 10.3 Å². The van der Waals surface area contributed by atoms with Crippen LogP contribution in [0.5, 0.6) is 0 Å². The molecular weight excluding hydrogens is 305 g/mol. The molecule has 4 rings (SSSR count). The van der Waals surface area contributed by atoms with Crippen molar-refractivity contribution in [3.05, 3.63) is 71.2 Å². The van der Waals surface area contributed by atoms with Crippen LogP contribution in [0.4, 0.5) is 10.3 Å². The molecule has 5 heteroatoms. The summed E-state index contributed by atoms with van der Waals surface area (Å²) in [6.07, 6.45) is 0. The predicted molar refractivity (Wildman–Crippen MR) is 91.3 cm³/mol. The molecule has 1 N–H and O–H groups in total. The number of hydrogen-bond donors (Lipinski definition) is 1. The van der Waals surface area contributed by atoms with E-state index >= 15 is 0 Å². The zero-order chi connectivity index (χ0) is 16.8. The van der Waals surface area contributed by atoms with E-state index in [1.165, 1.54) is 19.1 Å². The van der Waals surface area contributed by atoms with Crippen molar-refractivity contribution in [1.82, 2.24) is 9.55 Å². The predicted octanol–water partition coefficient (Wildman–Crippen LogP) is 4.05. The van der Waals surface area contributed by atoms with Gasteiger partial charge in [-0.25, -0.2) is 9.37 Å². The van der Waals surface area contributed by atoms with Gasteiger partial charge in [-0.3, -0.25) is 9.36 Å². The highest BCUT2D eigenvalue weighted by molar-refractivity contribution is 5.97. The van der Waals surface area contributed by atoms with Gasteiger partial charge < -0.3 is 5.32 Å². The molecule has 3 aromatic rings. The third-order valence-electron chi connectivity index (χ3n) is 4.37.